The molecular formula is C14H20FNO. The van der Waals surface area contributed by atoms with Crippen molar-refractivity contribution in [1.29, 1.82) is 0 Å². The molecule has 0 saturated heterocycles. The van der Waals surface area contributed by atoms with E-state index in [1.54, 1.807) is 12.1 Å². The van der Waals surface area contributed by atoms with Gasteiger partial charge in [-0.1, -0.05) is 19.4 Å². The predicted molar refractivity (Wildman–Crippen MR) is 66.4 cm³/mol. The first-order valence-corrected chi connectivity index (χ1v) is 6.22. The summed E-state index contributed by atoms with van der Waals surface area (Å²) in [4.78, 5) is 0. The van der Waals surface area contributed by atoms with Gasteiger partial charge in [-0.2, -0.15) is 0 Å². The number of ether oxygens (including phenoxy) is 1. The maximum atomic E-state index is 14.0. The van der Waals surface area contributed by atoms with Crippen LogP contribution in [0.25, 0.3) is 0 Å². The summed E-state index contributed by atoms with van der Waals surface area (Å²) >= 11 is 0. The van der Waals surface area contributed by atoms with Gasteiger partial charge in [-0.05, 0) is 31.2 Å². The van der Waals surface area contributed by atoms with Crippen LogP contribution in [-0.4, -0.2) is 7.11 Å². The van der Waals surface area contributed by atoms with Crippen molar-refractivity contribution in [3.8, 4) is 5.75 Å². The average molecular weight is 237 g/mol. The SMILES string of the molecule is CCC1CCC(N)(c2ccc(OC)cc2F)C1. The van der Waals surface area contributed by atoms with Crippen LogP contribution in [-0.2, 0) is 5.54 Å². The van der Waals surface area contributed by atoms with Crippen molar-refractivity contribution >= 4 is 0 Å². The number of rotatable bonds is 3. The fourth-order valence-electron chi connectivity index (χ4n) is 2.80. The van der Waals surface area contributed by atoms with E-state index in [9.17, 15) is 4.39 Å². The lowest BCUT2D eigenvalue weighted by Gasteiger charge is -2.25. The van der Waals surface area contributed by atoms with E-state index in [4.69, 9.17) is 10.5 Å². The van der Waals surface area contributed by atoms with Gasteiger partial charge in [-0.15, -0.1) is 0 Å². The van der Waals surface area contributed by atoms with E-state index in [1.165, 1.54) is 13.2 Å². The van der Waals surface area contributed by atoms with Gasteiger partial charge in [-0.25, -0.2) is 4.39 Å². The molecule has 1 aliphatic carbocycles. The van der Waals surface area contributed by atoms with Crippen molar-refractivity contribution in [3.63, 3.8) is 0 Å². The molecule has 0 spiro atoms. The van der Waals surface area contributed by atoms with Crippen LogP contribution in [0.15, 0.2) is 18.2 Å². The van der Waals surface area contributed by atoms with Crippen LogP contribution < -0.4 is 10.5 Å². The quantitative estimate of drug-likeness (QED) is 0.876. The summed E-state index contributed by atoms with van der Waals surface area (Å²) in [5.41, 5.74) is 6.50. The molecule has 2 unspecified atom stereocenters. The number of hydrogen-bond acceptors (Lipinski definition) is 2. The summed E-state index contributed by atoms with van der Waals surface area (Å²) in [5.74, 6) is 0.921. The number of methoxy groups -OCH3 is 1. The molecule has 0 heterocycles. The normalized spacial score (nSPS) is 28.4. The van der Waals surface area contributed by atoms with Gasteiger partial charge in [0.2, 0.25) is 0 Å². The lowest BCUT2D eigenvalue weighted by molar-refractivity contribution is 0.393. The molecule has 1 saturated carbocycles. The third kappa shape index (κ3) is 2.29. The van der Waals surface area contributed by atoms with E-state index in [0.717, 1.165) is 25.7 Å². The molecule has 2 nitrogen and oxygen atoms in total. The van der Waals surface area contributed by atoms with Crippen LogP contribution in [0.4, 0.5) is 4.39 Å². The van der Waals surface area contributed by atoms with E-state index >= 15 is 0 Å². The second-order valence-electron chi connectivity index (χ2n) is 5.02. The van der Waals surface area contributed by atoms with Crippen LogP contribution in [0.5, 0.6) is 5.75 Å². The van der Waals surface area contributed by atoms with Crippen LogP contribution in [0.1, 0.15) is 38.2 Å². The summed E-state index contributed by atoms with van der Waals surface area (Å²) in [6.45, 7) is 2.17. The van der Waals surface area contributed by atoms with E-state index < -0.39 is 5.54 Å². The van der Waals surface area contributed by atoms with Crippen molar-refractivity contribution in [2.45, 2.75) is 38.1 Å². The highest BCUT2D eigenvalue weighted by molar-refractivity contribution is 5.34. The van der Waals surface area contributed by atoms with Gasteiger partial charge in [0.05, 0.1) is 7.11 Å². The zero-order valence-corrected chi connectivity index (χ0v) is 10.5. The Morgan fingerprint density at radius 1 is 1.53 bits per heavy atom. The molecule has 1 aromatic rings. The molecule has 0 amide bonds. The van der Waals surface area contributed by atoms with E-state index in [-0.39, 0.29) is 5.82 Å². The molecule has 17 heavy (non-hydrogen) atoms. The number of hydrogen-bond donors (Lipinski definition) is 1. The summed E-state index contributed by atoms with van der Waals surface area (Å²) in [7, 11) is 1.54. The predicted octanol–water partition coefficient (Wildman–Crippen LogP) is 3.20. The van der Waals surface area contributed by atoms with Crippen molar-refractivity contribution in [2.24, 2.45) is 11.7 Å². The van der Waals surface area contributed by atoms with Gasteiger partial charge in [-0.3, -0.25) is 0 Å². The minimum Gasteiger partial charge on any atom is -0.497 e. The first kappa shape index (κ1) is 12.4. The Labute approximate surface area is 102 Å². The number of halogens is 1. The molecule has 0 bridgehead atoms. The zero-order chi connectivity index (χ0) is 12.5. The van der Waals surface area contributed by atoms with Gasteiger partial charge in [0.1, 0.15) is 11.6 Å². The summed E-state index contributed by atoms with van der Waals surface area (Å²) in [6.07, 6.45) is 3.97. The fourth-order valence-corrected chi connectivity index (χ4v) is 2.80. The Morgan fingerprint density at radius 3 is 2.82 bits per heavy atom. The Balaban J connectivity index is 2.28. The van der Waals surface area contributed by atoms with E-state index in [2.05, 4.69) is 6.92 Å². The molecule has 1 aliphatic rings. The Bertz CT molecular complexity index is 407. The monoisotopic (exact) mass is 237 g/mol. The highest BCUT2D eigenvalue weighted by Crippen LogP contribution is 2.42. The zero-order valence-electron chi connectivity index (χ0n) is 10.5. The van der Waals surface area contributed by atoms with E-state index in [1.807, 2.05) is 0 Å². The largest absolute Gasteiger partial charge is 0.497 e. The molecule has 1 fully saturated rings. The van der Waals surface area contributed by atoms with Crippen molar-refractivity contribution in [2.75, 3.05) is 7.11 Å². The summed E-state index contributed by atoms with van der Waals surface area (Å²) in [5, 5.41) is 0. The number of benzene rings is 1. The first-order valence-electron chi connectivity index (χ1n) is 6.22. The second-order valence-corrected chi connectivity index (χ2v) is 5.02. The van der Waals surface area contributed by atoms with Gasteiger partial charge >= 0.3 is 0 Å². The summed E-state index contributed by atoms with van der Waals surface area (Å²) in [6, 6.07) is 4.97. The van der Waals surface area contributed by atoms with Gasteiger partial charge in [0.15, 0.2) is 0 Å². The van der Waals surface area contributed by atoms with Crippen molar-refractivity contribution in [3.05, 3.63) is 29.6 Å². The number of nitrogens with two attached hydrogens (primary N) is 1. The molecule has 2 rings (SSSR count). The minimum atomic E-state index is -0.489. The van der Waals surface area contributed by atoms with E-state index in [0.29, 0.717) is 17.2 Å². The molecule has 94 valence electrons. The lowest BCUT2D eigenvalue weighted by atomic mass is 9.87. The molecule has 2 atom stereocenters. The van der Waals surface area contributed by atoms with Crippen LogP contribution in [0.2, 0.25) is 0 Å². The lowest BCUT2D eigenvalue weighted by Crippen LogP contribution is -2.34. The highest BCUT2D eigenvalue weighted by Gasteiger charge is 2.38. The first-order chi connectivity index (χ1) is 8.09. The third-order valence-corrected chi connectivity index (χ3v) is 3.94. The van der Waals surface area contributed by atoms with Crippen LogP contribution in [0.3, 0.4) is 0 Å². The van der Waals surface area contributed by atoms with Crippen LogP contribution >= 0.6 is 0 Å². The highest BCUT2D eigenvalue weighted by atomic mass is 19.1. The standard InChI is InChI=1S/C14H20FNO/c1-3-10-6-7-14(16,9-10)12-5-4-11(17-2)8-13(12)15/h4-5,8,10H,3,6-7,9,16H2,1-2H3. The topological polar surface area (TPSA) is 35.2 Å². The second kappa shape index (κ2) is 4.65. The molecule has 0 aliphatic heterocycles. The average Bonchev–Trinajstić information content (AvgIpc) is 2.71. The molecule has 1 aromatic carbocycles. The maximum absolute atomic E-state index is 14.0. The van der Waals surface area contributed by atoms with Gasteiger partial charge in [0, 0.05) is 17.2 Å². The van der Waals surface area contributed by atoms with Crippen molar-refractivity contribution < 1.29 is 9.13 Å². The molecule has 3 heteroatoms. The maximum Gasteiger partial charge on any atom is 0.131 e. The smallest absolute Gasteiger partial charge is 0.131 e. The fraction of sp³-hybridized carbons (Fsp3) is 0.571. The van der Waals surface area contributed by atoms with Crippen molar-refractivity contribution in [1.82, 2.24) is 0 Å². The van der Waals surface area contributed by atoms with Gasteiger partial charge < -0.3 is 10.5 Å². The Hall–Kier alpha value is -1.09. The molecule has 2 N–H and O–H groups in total. The molecular weight excluding hydrogens is 217 g/mol. The molecule has 0 aromatic heterocycles. The molecule has 0 radical (unpaired) electrons. The minimum absolute atomic E-state index is 0.247. The Morgan fingerprint density at radius 2 is 2.29 bits per heavy atom. The Kier molecular flexibility index (Phi) is 3.38. The van der Waals surface area contributed by atoms with Gasteiger partial charge in [0.25, 0.3) is 0 Å². The summed E-state index contributed by atoms with van der Waals surface area (Å²) < 4.78 is 19.0. The third-order valence-electron chi connectivity index (χ3n) is 3.94. The van der Waals surface area contributed by atoms with Crippen LogP contribution in [0, 0.1) is 11.7 Å².